The Morgan fingerprint density at radius 2 is 1.38 bits per heavy atom. The molecule has 0 aromatic carbocycles. The van der Waals surface area contributed by atoms with Gasteiger partial charge in [-0.3, -0.25) is 0 Å². The number of rotatable bonds is 16. The number of nitrogens with one attached hydrogen (secondary N) is 1. The number of unbranched alkanes of at least 4 members (excludes halogenated alkanes) is 5. The first-order valence-electron chi connectivity index (χ1n) is 18.0. The van der Waals surface area contributed by atoms with Gasteiger partial charge in [-0.15, -0.1) is 0 Å². The molecule has 226 valence electrons. The Hall–Kier alpha value is -0.120. The van der Waals surface area contributed by atoms with Crippen LogP contribution in [0.5, 0.6) is 0 Å². The van der Waals surface area contributed by atoms with Gasteiger partial charge in [0.1, 0.15) is 0 Å². The van der Waals surface area contributed by atoms with Gasteiger partial charge in [0, 0.05) is 6.04 Å². The lowest BCUT2D eigenvalue weighted by Crippen LogP contribution is -2.48. The van der Waals surface area contributed by atoms with E-state index in [1.165, 1.54) is 116 Å². The zero-order valence-electron chi connectivity index (χ0n) is 26.7. The molecule has 39 heavy (non-hydrogen) atoms. The highest BCUT2D eigenvalue weighted by Gasteiger charge is 2.55. The van der Waals surface area contributed by atoms with Crippen LogP contribution in [-0.4, -0.2) is 43.7 Å². The second-order valence-electron chi connectivity index (χ2n) is 16.5. The van der Waals surface area contributed by atoms with Gasteiger partial charge in [0.15, 0.2) is 0 Å². The molecule has 4 saturated carbocycles. The van der Waals surface area contributed by atoms with Gasteiger partial charge in [-0.1, -0.05) is 66.2 Å². The predicted octanol–water partition coefficient (Wildman–Crippen LogP) is 8.27. The fourth-order valence-corrected chi connectivity index (χ4v) is 11.2. The fraction of sp³-hybridized carbons (Fsp3) is 1.00. The molecule has 3 N–H and O–H groups in total. The van der Waals surface area contributed by atoms with E-state index in [1.54, 1.807) is 12.8 Å². The number of hydrogen-bond acceptors (Lipinski definition) is 3. The molecule has 5 rings (SSSR count). The summed E-state index contributed by atoms with van der Waals surface area (Å²) in [7, 11) is 0. The van der Waals surface area contributed by atoms with E-state index in [0.717, 1.165) is 60.4 Å². The van der Waals surface area contributed by atoms with Crippen LogP contribution in [0.2, 0.25) is 0 Å². The highest BCUT2D eigenvalue weighted by Crippen LogP contribution is 2.61. The minimum atomic E-state index is 0.541. The largest absolute Gasteiger partial charge is 0.330 e. The van der Waals surface area contributed by atoms with Crippen molar-refractivity contribution in [1.82, 2.24) is 10.2 Å². The molecule has 1 aliphatic heterocycles. The Balaban J connectivity index is 1.01. The first-order valence-corrected chi connectivity index (χ1v) is 18.0. The zero-order chi connectivity index (χ0) is 27.5. The summed E-state index contributed by atoms with van der Waals surface area (Å²) >= 11 is 0. The second-order valence-corrected chi connectivity index (χ2v) is 16.5. The number of fused-ring (bicyclic) bond motifs is 4. The van der Waals surface area contributed by atoms with Gasteiger partial charge in [0.2, 0.25) is 0 Å². The van der Waals surface area contributed by atoms with Gasteiger partial charge in [-0.2, -0.15) is 0 Å². The second kappa shape index (κ2) is 13.5. The molecule has 1 saturated heterocycles. The van der Waals surface area contributed by atoms with Crippen LogP contribution in [0.4, 0.5) is 0 Å². The van der Waals surface area contributed by atoms with Gasteiger partial charge < -0.3 is 16.0 Å². The summed E-state index contributed by atoms with van der Waals surface area (Å²) in [5, 5.41) is 4.25. The van der Waals surface area contributed by atoms with Crippen LogP contribution < -0.4 is 11.1 Å². The van der Waals surface area contributed by atoms with Crippen LogP contribution >= 0.6 is 0 Å². The molecule has 0 aromatic heterocycles. The zero-order valence-corrected chi connectivity index (χ0v) is 26.7. The molecule has 4 aliphatic carbocycles. The highest BCUT2D eigenvalue weighted by atomic mass is 15.1. The number of piperidine rings is 1. The van der Waals surface area contributed by atoms with Crippen LogP contribution in [0.15, 0.2) is 0 Å². The van der Waals surface area contributed by atoms with Gasteiger partial charge in [-0.25, -0.2) is 0 Å². The van der Waals surface area contributed by atoms with Crippen molar-refractivity contribution in [2.75, 3.05) is 32.7 Å². The van der Waals surface area contributed by atoms with Crippen LogP contribution in [0.3, 0.4) is 0 Å². The lowest BCUT2D eigenvalue weighted by atomic mass is 9.65. The van der Waals surface area contributed by atoms with Crippen molar-refractivity contribution >= 4 is 0 Å². The summed E-state index contributed by atoms with van der Waals surface area (Å²) in [6.07, 6.45) is 24.8. The monoisotopic (exact) mass is 542 g/mol. The molecule has 0 spiro atoms. The Labute approximate surface area is 243 Å². The third kappa shape index (κ3) is 6.93. The van der Waals surface area contributed by atoms with E-state index < -0.39 is 0 Å². The van der Waals surface area contributed by atoms with E-state index in [2.05, 4.69) is 37.9 Å². The Bertz CT molecular complexity index is 738. The van der Waals surface area contributed by atoms with Gasteiger partial charge in [0.05, 0.1) is 0 Å². The van der Waals surface area contributed by atoms with Crippen LogP contribution in [0.1, 0.15) is 137 Å². The lowest BCUT2D eigenvalue weighted by molar-refractivity contribution is 0.0768. The molecule has 0 aromatic rings. The SMILES string of the molecule is CC1(C)C2CCC(C2)C1CCCCCCCCC(NCC1CCN(CCCN)CC1)C1C2CCC(C2)C1(C)C. The smallest absolute Gasteiger partial charge is 0.0103 e. The molecule has 5 aliphatic rings. The maximum absolute atomic E-state index is 5.75. The third-order valence-electron chi connectivity index (χ3n) is 13.7. The van der Waals surface area contributed by atoms with Crippen LogP contribution in [0, 0.1) is 52.3 Å². The summed E-state index contributed by atoms with van der Waals surface area (Å²) in [5.41, 5.74) is 6.93. The average Bonchev–Trinajstić information content (AvgIpc) is 3.68. The summed E-state index contributed by atoms with van der Waals surface area (Å²) in [6.45, 7) is 16.3. The Morgan fingerprint density at radius 1 is 0.744 bits per heavy atom. The van der Waals surface area contributed by atoms with E-state index in [4.69, 9.17) is 5.73 Å². The number of nitrogens with two attached hydrogens (primary N) is 1. The summed E-state index contributed by atoms with van der Waals surface area (Å²) < 4.78 is 0. The van der Waals surface area contributed by atoms with Crippen molar-refractivity contribution in [1.29, 1.82) is 0 Å². The molecule has 5 fully saturated rings. The predicted molar refractivity (Wildman–Crippen MR) is 168 cm³/mol. The molecule has 1 heterocycles. The van der Waals surface area contributed by atoms with Gasteiger partial charge in [-0.05, 0) is 156 Å². The van der Waals surface area contributed by atoms with Crippen molar-refractivity contribution in [3.05, 3.63) is 0 Å². The van der Waals surface area contributed by atoms with Crippen molar-refractivity contribution < 1.29 is 0 Å². The molecular weight excluding hydrogens is 474 g/mol. The van der Waals surface area contributed by atoms with E-state index in [-0.39, 0.29) is 0 Å². The average molecular weight is 542 g/mol. The molecule has 0 radical (unpaired) electrons. The fourth-order valence-electron chi connectivity index (χ4n) is 11.2. The Kier molecular flexibility index (Phi) is 10.5. The van der Waals surface area contributed by atoms with E-state index in [1.807, 2.05) is 0 Å². The van der Waals surface area contributed by atoms with Crippen molar-refractivity contribution in [2.45, 2.75) is 143 Å². The first kappa shape index (κ1) is 30.3. The van der Waals surface area contributed by atoms with Crippen LogP contribution in [0.25, 0.3) is 0 Å². The topological polar surface area (TPSA) is 41.3 Å². The maximum atomic E-state index is 5.75. The minimum absolute atomic E-state index is 0.541. The maximum Gasteiger partial charge on any atom is 0.0103 e. The summed E-state index contributed by atoms with van der Waals surface area (Å²) in [5.74, 6) is 6.93. The van der Waals surface area contributed by atoms with Crippen molar-refractivity contribution in [3.8, 4) is 0 Å². The molecule has 7 unspecified atom stereocenters. The molecule has 0 amide bonds. The highest BCUT2D eigenvalue weighted by molar-refractivity contribution is 5.06. The molecule has 7 atom stereocenters. The third-order valence-corrected chi connectivity index (χ3v) is 13.7. The van der Waals surface area contributed by atoms with Crippen LogP contribution in [-0.2, 0) is 0 Å². The first-order chi connectivity index (χ1) is 18.8. The summed E-state index contributed by atoms with van der Waals surface area (Å²) in [4.78, 5) is 2.65. The lowest BCUT2D eigenvalue weighted by Gasteiger charge is -2.44. The van der Waals surface area contributed by atoms with Crippen molar-refractivity contribution in [2.24, 2.45) is 58.0 Å². The minimum Gasteiger partial charge on any atom is -0.330 e. The molecule has 4 bridgehead atoms. The number of nitrogens with zero attached hydrogens (tertiary/aromatic N) is 1. The van der Waals surface area contributed by atoms with Gasteiger partial charge >= 0.3 is 0 Å². The van der Waals surface area contributed by atoms with Gasteiger partial charge in [0.25, 0.3) is 0 Å². The van der Waals surface area contributed by atoms with E-state index in [9.17, 15) is 0 Å². The molecular formula is C36H67N3. The normalized spacial score (nSPS) is 36.2. The van der Waals surface area contributed by atoms with E-state index >= 15 is 0 Å². The van der Waals surface area contributed by atoms with E-state index in [0.29, 0.717) is 10.8 Å². The standard InChI is InChI=1S/C36H67N3/c1-35(2)30-16-14-28(24-30)32(35)12-9-7-5-6-8-10-13-33(34-29-15-17-31(25-29)36(34,3)4)38-26-27-18-22-39(23-19-27)21-11-20-37/h27-34,38H,5-26,37H2,1-4H3. The molecule has 3 nitrogen and oxygen atoms in total. The van der Waals surface area contributed by atoms with Crippen molar-refractivity contribution in [3.63, 3.8) is 0 Å². The molecule has 3 heteroatoms. The summed E-state index contributed by atoms with van der Waals surface area (Å²) in [6, 6.07) is 0.755. The number of likely N-dealkylation sites (tertiary alicyclic amines) is 1. The quantitative estimate of drug-likeness (QED) is 0.193. The number of hydrogen-bond donors (Lipinski definition) is 2. The Morgan fingerprint density at radius 3 is 2.03 bits per heavy atom.